The van der Waals surface area contributed by atoms with Crippen LogP contribution in [0.2, 0.25) is 0 Å². The van der Waals surface area contributed by atoms with Gasteiger partial charge in [-0.1, -0.05) is 10.2 Å². The molecule has 0 saturated carbocycles. The molecule has 2 aliphatic rings. The summed E-state index contributed by atoms with van der Waals surface area (Å²) in [7, 11) is 0. The van der Waals surface area contributed by atoms with Gasteiger partial charge in [0.05, 0.1) is 25.3 Å². The second kappa shape index (κ2) is 6.41. The van der Waals surface area contributed by atoms with Crippen molar-refractivity contribution in [2.75, 3.05) is 26.7 Å². The third-order valence-corrected chi connectivity index (χ3v) is 2.79. The zero-order chi connectivity index (χ0) is 12.8. The van der Waals surface area contributed by atoms with Crippen LogP contribution in [0.15, 0.2) is 10.2 Å². The molecule has 0 radical (unpaired) electrons. The predicted molar refractivity (Wildman–Crippen MR) is 57.3 cm³/mol. The summed E-state index contributed by atoms with van der Waals surface area (Å²) in [6.07, 6.45) is -1.53. The minimum Gasteiger partial charge on any atom is -0.349 e. The highest BCUT2D eigenvalue weighted by atomic mass is 16.8. The van der Waals surface area contributed by atoms with Crippen LogP contribution in [0.5, 0.6) is 0 Å². The fraction of sp³-hybridized carbons (Fsp3) is 1.00. The lowest BCUT2D eigenvalue weighted by Gasteiger charge is -2.23. The molecule has 10 nitrogen and oxygen atoms in total. The molecule has 4 atom stereocenters. The third kappa shape index (κ3) is 2.82. The van der Waals surface area contributed by atoms with Gasteiger partial charge in [-0.15, -0.1) is 0 Å². The maximum Gasteiger partial charge on any atom is 0.147 e. The molecule has 2 fully saturated rings. The Hall–Kier alpha value is -1.54. The zero-order valence-electron chi connectivity index (χ0n) is 9.45. The molecule has 0 aromatic rings. The van der Waals surface area contributed by atoms with E-state index in [9.17, 15) is 0 Å². The SMILES string of the molecule is [N-]=[N+]=NCC1OCOC1C1OCOC1CN=[N+]=[N-]. The second-order valence-corrected chi connectivity index (χ2v) is 3.74. The number of hydrogen-bond donors (Lipinski definition) is 0. The molecule has 0 aromatic heterocycles. The van der Waals surface area contributed by atoms with Crippen LogP contribution in [0.25, 0.3) is 20.9 Å². The van der Waals surface area contributed by atoms with Crippen molar-refractivity contribution in [3.8, 4) is 0 Å². The topological polar surface area (TPSA) is 134 Å². The van der Waals surface area contributed by atoms with Crippen molar-refractivity contribution >= 4 is 0 Å². The summed E-state index contributed by atoms with van der Waals surface area (Å²) in [5.41, 5.74) is 16.6. The standard InChI is InChI=1S/C8H12N6O4/c9-13-11-1-5-7(17-3-15-5)8-6(2-12-14-10)16-4-18-8/h5-8H,1-4H2. The Kier molecular flexibility index (Phi) is 4.59. The van der Waals surface area contributed by atoms with Crippen LogP contribution < -0.4 is 0 Å². The third-order valence-electron chi connectivity index (χ3n) is 2.79. The zero-order valence-corrected chi connectivity index (χ0v) is 9.45. The molecule has 10 heteroatoms. The Morgan fingerprint density at radius 2 is 1.28 bits per heavy atom. The predicted octanol–water partition coefficient (Wildman–Crippen LogP) is 1.09. The van der Waals surface area contributed by atoms with E-state index in [0.717, 1.165) is 0 Å². The molecule has 98 valence electrons. The molecule has 0 N–H and O–H groups in total. The number of ether oxygens (including phenoxy) is 4. The molecule has 2 saturated heterocycles. The molecule has 2 aliphatic heterocycles. The lowest BCUT2D eigenvalue weighted by Crippen LogP contribution is -2.43. The summed E-state index contributed by atoms with van der Waals surface area (Å²) in [5, 5.41) is 6.92. The van der Waals surface area contributed by atoms with E-state index in [-0.39, 0.29) is 38.9 Å². The van der Waals surface area contributed by atoms with Gasteiger partial charge in [0.25, 0.3) is 0 Å². The molecule has 0 spiro atoms. The van der Waals surface area contributed by atoms with E-state index in [1.165, 1.54) is 0 Å². The summed E-state index contributed by atoms with van der Waals surface area (Å²) < 4.78 is 21.4. The minimum atomic E-state index is -0.392. The van der Waals surface area contributed by atoms with Crippen molar-refractivity contribution in [2.24, 2.45) is 10.2 Å². The van der Waals surface area contributed by atoms with Gasteiger partial charge in [-0.3, -0.25) is 0 Å². The van der Waals surface area contributed by atoms with Crippen molar-refractivity contribution in [3.05, 3.63) is 20.9 Å². The van der Waals surface area contributed by atoms with Crippen LogP contribution in [0.4, 0.5) is 0 Å². The van der Waals surface area contributed by atoms with Gasteiger partial charge in [0.2, 0.25) is 0 Å². The highest BCUT2D eigenvalue weighted by Gasteiger charge is 2.43. The Balaban J connectivity index is 1.99. The average molecular weight is 256 g/mol. The molecule has 0 aliphatic carbocycles. The van der Waals surface area contributed by atoms with Gasteiger partial charge in [-0.2, -0.15) is 0 Å². The quantitative estimate of drug-likeness (QED) is 0.413. The van der Waals surface area contributed by atoms with Gasteiger partial charge in [0, 0.05) is 9.82 Å². The number of hydrogen-bond acceptors (Lipinski definition) is 6. The largest absolute Gasteiger partial charge is 0.349 e. The average Bonchev–Trinajstić information content (AvgIpc) is 3.01. The first kappa shape index (κ1) is 12.9. The molecular weight excluding hydrogens is 244 g/mol. The molecule has 2 rings (SSSR count). The fourth-order valence-corrected chi connectivity index (χ4v) is 1.97. The lowest BCUT2D eigenvalue weighted by atomic mass is 10.0. The van der Waals surface area contributed by atoms with Gasteiger partial charge in [0.1, 0.15) is 25.8 Å². The lowest BCUT2D eigenvalue weighted by molar-refractivity contribution is -0.0305. The van der Waals surface area contributed by atoms with Gasteiger partial charge in [0.15, 0.2) is 0 Å². The Morgan fingerprint density at radius 3 is 1.67 bits per heavy atom. The molecule has 4 unspecified atom stereocenters. The molecule has 0 aromatic carbocycles. The summed E-state index contributed by atoms with van der Waals surface area (Å²) in [6.45, 7) is 0.555. The maximum atomic E-state index is 8.30. The van der Waals surface area contributed by atoms with Gasteiger partial charge in [-0.05, 0) is 11.1 Å². The molecule has 2 heterocycles. The monoisotopic (exact) mass is 256 g/mol. The van der Waals surface area contributed by atoms with Crippen LogP contribution in [-0.2, 0) is 18.9 Å². The van der Waals surface area contributed by atoms with Crippen molar-refractivity contribution in [2.45, 2.75) is 24.4 Å². The fourth-order valence-electron chi connectivity index (χ4n) is 1.97. The van der Waals surface area contributed by atoms with Gasteiger partial charge in [-0.25, -0.2) is 0 Å². The highest BCUT2D eigenvalue weighted by molar-refractivity contribution is 4.91. The van der Waals surface area contributed by atoms with Crippen molar-refractivity contribution in [3.63, 3.8) is 0 Å². The minimum absolute atomic E-state index is 0.115. The first-order chi connectivity index (χ1) is 8.86. The van der Waals surface area contributed by atoms with E-state index in [2.05, 4.69) is 20.1 Å². The van der Waals surface area contributed by atoms with Crippen molar-refractivity contribution in [1.82, 2.24) is 0 Å². The van der Waals surface area contributed by atoms with Gasteiger partial charge >= 0.3 is 0 Å². The molecule has 18 heavy (non-hydrogen) atoms. The van der Waals surface area contributed by atoms with E-state index >= 15 is 0 Å². The van der Waals surface area contributed by atoms with E-state index < -0.39 is 12.2 Å². The normalized spacial score (nSPS) is 34.9. The van der Waals surface area contributed by atoms with E-state index in [1.54, 1.807) is 0 Å². The highest BCUT2D eigenvalue weighted by Crippen LogP contribution is 2.26. The first-order valence-corrected chi connectivity index (χ1v) is 5.35. The van der Waals surface area contributed by atoms with Crippen molar-refractivity contribution in [1.29, 1.82) is 0 Å². The van der Waals surface area contributed by atoms with Crippen LogP contribution in [0.3, 0.4) is 0 Å². The molecule has 0 amide bonds. The Morgan fingerprint density at radius 1 is 0.833 bits per heavy atom. The van der Waals surface area contributed by atoms with E-state index in [1.807, 2.05) is 0 Å². The maximum absolute atomic E-state index is 8.30. The number of rotatable bonds is 5. The second-order valence-electron chi connectivity index (χ2n) is 3.74. The van der Waals surface area contributed by atoms with E-state index in [0.29, 0.717) is 0 Å². The summed E-state index contributed by atoms with van der Waals surface area (Å²) in [6, 6.07) is 0. The Labute approximate surface area is 102 Å². The molecular formula is C8H12N6O4. The smallest absolute Gasteiger partial charge is 0.147 e. The van der Waals surface area contributed by atoms with Crippen LogP contribution >= 0.6 is 0 Å². The van der Waals surface area contributed by atoms with Gasteiger partial charge < -0.3 is 18.9 Å². The summed E-state index contributed by atoms with van der Waals surface area (Å²) >= 11 is 0. The summed E-state index contributed by atoms with van der Waals surface area (Å²) in [4.78, 5) is 5.36. The summed E-state index contributed by atoms with van der Waals surface area (Å²) in [5.74, 6) is 0. The Bertz CT molecular complexity index is 344. The van der Waals surface area contributed by atoms with Crippen LogP contribution in [-0.4, -0.2) is 51.1 Å². The van der Waals surface area contributed by atoms with Crippen LogP contribution in [0.1, 0.15) is 0 Å². The first-order valence-electron chi connectivity index (χ1n) is 5.35. The van der Waals surface area contributed by atoms with E-state index in [4.69, 9.17) is 30.0 Å². The van der Waals surface area contributed by atoms with Crippen molar-refractivity contribution < 1.29 is 18.9 Å². The number of azide groups is 2. The van der Waals surface area contributed by atoms with Crippen LogP contribution in [0, 0.1) is 0 Å². The number of nitrogens with zero attached hydrogens (tertiary/aromatic N) is 6. The molecule has 0 bridgehead atoms.